The molecular formula is C25H29NO3. The summed E-state index contributed by atoms with van der Waals surface area (Å²) in [5.41, 5.74) is 2.41. The molecule has 0 bridgehead atoms. The van der Waals surface area contributed by atoms with Gasteiger partial charge in [-0.15, -0.1) is 0 Å². The molecule has 0 saturated carbocycles. The Labute approximate surface area is 172 Å². The van der Waals surface area contributed by atoms with Crippen LogP contribution in [-0.4, -0.2) is 12.5 Å². The Balaban J connectivity index is 1.59. The van der Waals surface area contributed by atoms with Crippen molar-refractivity contribution in [3.05, 3.63) is 89.4 Å². The Morgan fingerprint density at radius 2 is 1.62 bits per heavy atom. The van der Waals surface area contributed by atoms with Gasteiger partial charge in [0, 0.05) is 12.0 Å². The van der Waals surface area contributed by atoms with E-state index < -0.39 is 0 Å². The van der Waals surface area contributed by atoms with E-state index >= 15 is 0 Å². The standard InChI is InChI=1S/C25H29NO3/c1-18(2)16-26-24(27)23-15-14-22(29-23)17-28-21-12-10-20(11-13-21)25(3,4)19-8-6-5-7-9-19/h5-15,18H,16-17H2,1-4H3,(H,26,27). The first-order chi connectivity index (χ1) is 13.9. The van der Waals surface area contributed by atoms with E-state index in [2.05, 4.69) is 55.6 Å². The second kappa shape index (κ2) is 8.99. The molecule has 1 amide bonds. The number of carbonyl (C=O) groups is 1. The lowest BCUT2D eigenvalue weighted by molar-refractivity contribution is 0.0917. The Hall–Kier alpha value is -3.01. The van der Waals surface area contributed by atoms with E-state index in [1.54, 1.807) is 12.1 Å². The quantitative estimate of drug-likeness (QED) is 0.546. The Bertz CT molecular complexity index is 924. The first-order valence-electron chi connectivity index (χ1n) is 10.0. The molecule has 3 aromatic rings. The van der Waals surface area contributed by atoms with Gasteiger partial charge in [-0.1, -0.05) is 70.2 Å². The van der Waals surface area contributed by atoms with Crippen LogP contribution in [0.25, 0.3) is 0 Å². The molecule has 0 radical (unpaired) electrons. The first-order valence-corrected chi connectivity index (χ1v) is 10.0. The predicted octanol–water partition coefficient (Wildman–Crippen LogP) is 5.57. The third kappa shape index (κ3) is 5.29. The van der Waals surface area contributed by atoms with Gasteiger partial charge in [0.05, 0.1) is 0 Å². The highest BCUT2D eigenvalue weighted by Crippen LogP contribution is 2.32. The van der Waals surface area contributed by atoms with Crippen LogP contribution in [0, 0.1) is 5.92 Å². The Morgan fingerprint density at radius 1 is 0.966 bits per heavy atom. The predicted molar refractivity (Wildman–Crippen MR) is 115 cm³/mol. The number of ether oxygens (including phenoxy) is 1. The molecule has 0 atom stereocenters. The van der Waals surface area contributed by atoms with Crippen molar-refractivity contribution in [3.8, 4) is 5.75 Å². The summed E-state index contributed by atoms with van der Waals surface area (Å²) in [6, 6.07) is 22.0. The van der Waals surface area contributed by atoms with Gasteiger partial charge in [0.25, 0.3) is 5.91 Å². The average molecular weight is 392 g/mol. The zero-order valence-corrected chi connectivity index (χ0v) is 17.6. The fraction of sp³-hybridized carbons (Fsp3) is 0.320. The first kappa shape index (κ1) is 20.7. The monoisotopic (exact) mass is 391 g/mol. The number of benzene rings is 2. The molecule has 1 heterocycles. The van der Waals surface area contributed by atoms with Crippen LogP contribution in [0.4, 0.5) is 0 Å². The molecule has 0 spiro atoms. The van der Waals surface area contributed by atoms with E-state index in [9.17, 15) is 4.79 Å². The molecule has 4 heteroatoms. The van der Waals surface area contributed by atoms with Crippen molar-refractivity contribution in [2.24, 2.45) is 5.92 Å². The fourth-order valence-corrected chi connectivity index (χ4v) is 3.11. The summed E-state index contributed by atoms with van der Waals surface area (Å²) in [7, 11) is 0. The summed E-state index contributed by atoms with van der Waals surface area (Å²) in [6.07, 6.45) is 0. The van der Waals surface area contributed by atoms with E-state index in [-0.39, 0.29) is 17.9 Å². The van der Waals surface area contributed by atoms with E-state index in [1.165, 1.54) is 11.1 Å². The average Bonchev–Trinajstić information content (AvgIpc) is 3.20. The number of amides is 1. The molecule has 152 valence electrons. The molecule has 0 unspecified atom stereocenters. The summed E-state index contributed by atoms with van der Waals surface area (Å²) in [6.45, 7) is 9.43. The Kier molecular flexibility index (Phi) is 6.42. The van der Waals surface area contributed by atoms with Gasteiger partial charge in [-0.25, -0.2) is 0 Å². The number of carbonyl (C=O) groups excluding carboxylic acids is 1. The van der Waals surface area contributed by atoms with Crippen LogP contribution in [0.1, 0.15) is 55.1 Å². The molecule has 4 nitrogen and oxygen atoms in total. The highest BCUT2D eigenvalue weighted by atomic mass is 16.5. The molecule has 0 saturated heterocycles. The van der Waals surface area contributed by atoms with Gasteiger partial charge in [-0.3, -0.25) is 4.79 Å². The van der Waals surface area contributed by atoms with Gasteiger partial charge >= 0.3 is 0 Å². The maximum absolute atomic E-state index is 12.0. The lowest BCUT2D eigenvalue weighted by atomic mass is 9.78. The van der Waals surface area contributed by atoms with Gasteiger partial charge in [-0.05, 0) is 41.3 Å². The molecule has 1 aromatic heterocycles. The molecular weight excluding hydrogens is 362 g/mol. The second-order valence-electron chi connectivity index (χ2n) is 8.17. The molecule has 2 aromatic carbocycles. The smallest absolute Gasteiger partial charge is 0.287 e. The Morgan fingerprint density at radius 3 is 2.28 bits per heavy atom. The lowest BCUT2D eigenvalue weighted by Gasteiger charge is -2.26. The third-order valence-electron chi connectivity index (χ3n) is 5.01. The summed E-state index contributed by atoms with van der Waals surface area (Å²) in [5, 5.41) is 2.85. The van der Waals surface area contributed by atoms with Crippen molar-refractivity contribution in [1.82, 2.24) is 5.32 Å². The molecule has 0 aliphatic rings. The van der Waals surface area contributed by atoms with Crippen LogP contribution in [0.3, 0.4) is 0 Å². The zero-order valence-electron chi connectivity index (χ0n) is 17.6. The van der Waals surface area contributed by atoms with Crippen LogP contribution < -0.4 is 10.1 Å². The van der Waals surface area contributed by atoms with Gasteiger partial charge < -0.3 is 14.5 Å². The van der Waals surface area contributed by atoms with E-state index in [4.69, 9.17) is 9.15 Å². The summed E-state index contributed by atoms with van der Waals surface area (Å²) < 4.78 is 11.4. The van der Waals surface area contributed by atoms with Crippen molar-refractivity contribution in [3.63, 3.8) is 0 Å². The minimum atomic E-state index is -0.197. The minimum absolute atomic E-state index is 0.0843. The lowest BCUT2D eigenvalue weighted by Crippen LogP contribution is -2.26. The number of furan rings is 1. The zero-order chi connectivity index (χ0) is 20.9. The molecule has 0 aliphatic heterocycles. The van der Waals surface area contributed by atoms with E-state index in [0.717, 1.165) is 5.75 Å². The summed E-state index contributed by atoms with van der Waals surface area (Å²) in [4.78, 5) is 12.0. The van der Waals surface area contributed by atoms with Gasteiger partial charge in [-0.2, -0.15) is 0 Å². The SMILES string of the molecule is CC(C)CNC(=O)c1ccc(COc2ccc(C(C)(C)c3ccccc3)cc2)o1. The maximum Gasteiger partial charge on any atom is 0.287 e. The highest BCUT2D eigenvalue weighted by molar-refractivity contribution is 5.91. The van der Waals surface area contributed by atoms with Crippen molar-refractivity contribution in [1.29, 1.82) is 0 Å². The highest BCUT2D eigenvalue weighted by Gasteiger charge is 2.22. The molecule has 0 fully saturated rings. The van der Waals surface area contributed by atoms with Crippen molar-refractivity contribution in [2.45, 2.75) is 39.7 Å². The largest absolute Gasteiger partial charge is 0.486 e. The maximum atomic E-state index is 12.0. The van der Waals surface area contributed by atoms with Crippen molar-refractivity contribution < 1.29 is 13.9 Å². The van der Waals surface area contributed by atoms with Gasteiger partial charge in [0.1, 0.15) is 18.1 Å². The van der Waals surface area contributed by atoms with Crippen LogP contribution in [-0.2, 0) is 12.0 Å². The fourth-order valence-electron chi connectivity index (χ4n) is 3.11. The summed E-state index contributed by atoms with van der Waals surface area (Å²) >= 11 is 0. The van der Waals surface area contributed by atoms with Crippen LogP contribution in [0.5, 0.6) is 5.75 Å². The number of nitrogens with one attached hydrogen (secondary N) is 1. The normalized spacial score (nSPS) is 11.5. The molecule has 1 N–H and O–H groups in total. The molecule has 29 heavy (non-hydrogen) atoms. The molecule has 3 rings (SSSR count). The van der Waals surface area contributed by atoms with E-state index in [1.807, 2.05) is 32.0 Å². The number of rotatable bonds is 8. The topological polar surface area (TPSA) is 51.5 Å². The van der Waals surface area contributed by atoms with Crippen molar-refractivity contribution in [2.75, 3.05) is 6.54 Å². The number of hydrogen-bond acceptors (Lipinski definition) is 3. The van der Waals surface area contributed by atoms with Gasteiger partial charge in [0.2, 0.25) is 0 Å². The van der Waals surface area contributed by atoms with Crippen LogP contribution in [0.15, 0.2) is 71.1 Å². The summed E-state index contributed by atoms with van der Waals surface area (Å²) in [5.74, 6) is 1.89. The molecule has 0 aliphatic carbocycles. The number of hydrogen-bond donors (Lipinski definition) is 1. The van der Waals surface area contributed by atoms with Crippen LogP contribution >= 0.6 is 0 Å². The third-order valence-corrected chi connectivity index (χ3v) is 5.01. The van der Waals surface area contributed by atoms with Gasteiger partial charge in [0.15, 0.2) is 5.76 Å². The second-order valence-corrected chi connectivity index (χ2v) is 8.17. The van der Waals surface area contributed by atoms with Crippen LogP contribution in [0.2, 0.25) is 0 Å². The van der Waals surface area contributed by atoms with Crippen molar-refractivity contribution >= 4 is 5.91 Å². The van der Waals surface area contributed by atoms with E-state index in [0.29, 0.717) is 24.0 Å². The minimum Gasteiger partial charge on any atom is -0.486 e.